The number of nitrogens with one attached hydrogen (secondary N) is 2. The van der Waals surface area contributed by atoms with Gasteiger partial charge in [-0.05, 0) is 49.8 Å². The zero-order valence-electron chi connectivity index (χ0n) is 14.4. The maximum Gasteiger partial charge on any atom is 0.329 e. The molecule has 0 unspecified atom stereocenters. The molecule has 2 amide bonds. The monoisotopic (exact) mass is 366 g/mol. The third-order valence-corrected chi connectivity index (χ3v) is 5.16. The van der Waals surface area contributed by atoms with E-state index in [0.29, 0.717) is 24.4 Å². The average molecular weight is 367 g/mol. The van der Waals surface area contributed by atoms with Gasteiger partial charge in [0.25, 0.3) is 5.91 Å². The van der Waals surface area contributed by atoms with Gasteiger partial charge in [0.15, 0.2) is 0 Å². The molecule has 0 spiro atoms. The molecule has 1 aliphatic carbocycles. The second kappa shape index (κ2) is 7.87. The molecule has 1 aromatic rings. The Morgan fingerprint density at radius 2 is 1.92 bits per heavy atom. The quantitative estimate of drug-likeness (QED) is 0.743. The number of anilines is 1. The predicted octanol–water partition coefficient (Wildman–Crippen LogP) is 3.45. The number of carbonyl (C=O) groups is 3. The minimum absolute atomic E-state index is 0.145. The largest absolute Gasteiger partial charge is 0.480 e. The van der Waals surface area contributed by atoms with E-state index in [4.69, 9.17) is 11.6 Å². The van der Waals surface area contributed by atoms with Crippen LogP contribution in [0.1, 0.15) is 56.3 Å². The summed E-state index contributed by atoms with van der Waals surface area (Å²) in [7, 11) is 0. The average Bonchev–Trinajstić information content (AvgIpc) is 2.56. The van der Waals surface area contributed by atoms with Crippen molar-refractivity contribution < 1.29 is 19.5 Å². The van der Waals surface area contributed by atoms with E-state index in [9.17, 15) is 19.5 Å². The third-order valence-electron chi connectivity index (χ3n) is 4.83. The lowest BCUT2D eigenvalue weighted by atomic mass is 9.75. The van der Waals surface area contributed by atoms with Crippen molar-refractivity contribution in [2.45, 2.75) is 51.5 Å². The maximum atomic E-state index is 12.7. The minimum atomic E-state index is -1.27. The van der Waals surface area contributed by atoms with Crippen molar-refractivity contribution in [1.82, 2.24) is 5.32 Å². The Labute approximate surface area is 151 Å². The number of hydrogen-bond donors (Lipinski definition) is 3. The van der Waals surface area contributed by atoms with E-state index in [0.717, 1.165) is 19.3 Å². The standard InChI is InChI=1S/C18H23ClN2O4/c1-3-12-6-8-18(9-7-12,17(24)25)21-16(23)14-10-13(20-11(2)22)4-5-15(14)19/h4-5,10,12H,3,6-9H2,1-2H3,(H,20,22)(H,21,23)(H,24,25). The highest BCUT2D eigenvalue weighted by Gasteiger charge is 2.43. The molecule has 0 aromatic heterocycles. The van der Waals surface area contributed by atoms with Crippen molar-refractivity contribution in [2.24, 2.45) is 5.92 Å². The van der Waals surface area contributed by atoms with Gasteiger partial charge in [0.2, 0.25) is 5.91 Å². The van der Waals surface area contributed by atoms with Crippen molar-refractivity contribution in [1.29, 1.82) is 0 Å². The van der Waals surface area contributed by atoms with Gasteiger partial charge in [0.05, 0.1) is 10.6 Å². The fourth-order valence-corrected chi connectivity index (χ4v) is 3.44. The molecule has 3 N–H and O–H groups in total. The van der Waals surface area contributed by atoms with Gasteiger partial charge in [0.1, 0.15) is 5.54 Å². The number of carbonyl (C=O) groups excluding carboxylic acids is 2. The van der Waals surface area contributed by atoms with E-state index >= 15 is 0 Å². The van der Waals surface area contributed by atoms with Crippen LogP contribution in [-0.4, -0.2) is 28.4 Å². The molecular weight excluding hydrogens is 344 g/mol. The molecule has 0 saturated heterocycles. The molecular formula is C18H23ClN2O4. The van der Waals surface area contributed by atoms with Gasteiger partial charge < -0.3 is 15.7 Å². The molecule has 0 bridgehead atoms. The van der Waals surface area contributed by atoms with Crippen LogP contribution < -0.4 is 10.6 Å². The number of rotatable bonds is 5. The Kier molecular flexibility index (Phi) is 6.06. The van der Waals surface area contributed by atoms with Crippen LogP contribution in [0.15, 0.2) is 18.2 Å². The van der Waals surface area contributed by atoms with E-state index < -0.39 is 17.4 Å². The minimum Gasteiger partial charge on any atom is -0.480 e. The number of hydrogen-bond acceptors (Lipinski definition) is 3. The van der Waals surface area contributed by atoms with Crippen LogP contribution >= 0.6 is 11.6 Å². The molecule has 1 aromatic carbocycles. The van der Waals surface area contributed by atoms with Crippen LogP contribution in [0.5, 0.6) is 0 Å². The van der Waals surface area contributed by atoms with Crippen LogP contribution in [0.4, 0.5) is 5.69 Å². The van der Waals surface area contributed by atoms with Gasteiger partial charge in [-0.25, -0.2) is 4.79 Å². The van der Waals surface area contributed by atoms with Crippen LogP contribution in [0, 0.1) is 5.92 Å². The molecule has 25 heavy (non-hydrogen) atoms. The van der Waals surface area contributed by atoms with Gasteiger partial charge in [-0.2, -0.15) is 0 Å². The van der Waals surface area contributed by atoms with Crippen LogP contribution in [0.2, 0.25) is 5.02 Å². The zero-order valence-corrected chi connectivity index (χ0v) is 15.2. The molecule has 136 valence electrons. The molecule has 0 atom stereocenters. The van der Waals surface area contributed by atoms with Crippen LogP contribution in [0.25, 0.3) is 0 Å². The summed E-state index contributed by atoms with van der Waals surface area (Å²) >= 11 is 6.09. The summed E-state index contributed by atoms with van der Waals surface area (Å²) < 4.78 is 0. The van der Waals surface area contributed by atoms with Gasteiger partial charge in [-0.1, -0.05) is 24.9 Å². The molecule has 1 fully saturated rings. The number of halogens is 1. The lowest BCUT2D eigenvalue weighted by Crippen LogP contribution is -2.56. The van der Waals surface area contributed by atoms with Gasteiger partial charge in [0, 0.05) is 12.6 Å². The van der Waals surface area contributed by atoms with Crippen LogP contribution in [0.3, 0.4) is 0 Å². The summed E-state index contributed by atoms with van der Waals surface area (Å²) in [6.07, 6.45) is 3.34. The van der Waals surface area contributed by atoms with E-state index in [1.54, 1.807) is 6.07 Å². The Bertz CT molecular complexity index is 682. The Balaban J connectivity index is 2.22. The highest BCUT2D eigenvalue weighted by Crippen LogP contribution is 2.34. The maximum absolute atomic E-state index is 12.7. The Morgan fingerprint density at radius 1 is 1.28 bits per heavy atom. The molecule has 1 saturated carbocycles. The number of aliphatic carboxylic acids is 1. The van der Waals surface area contributed by atoms with Crippen LogP contribution in [-0.2, 0) is 9.59 Å². The van der Waals surface area contributed by atoms with E-state index in [1.807, 2.05) is 0 Å². The SMILES string of the molecule is CCC1CCC(NC(=O)c2cc(NC(C)=O)ccc2Cl)(C(=O)O)CC1. The second-order valence-corrected chi connectivity index (χ2v) is 6.98. The topological polar surface area (TPSA) is 95.5 Å². The van der Waals surface area contributed by atoms with Gasteiger partial charge in [-0.15, -0.1) is 0 Å². The Hall–Kier alpha value is -2.08. The second-order valence-electron chi connectivity index (χ2n) is 6.57. The third kappa shape index (κ3) is 4.51. The first-order valence-corrected chi connectivity index (χ1v) is 8.78. The summed E-state index contributed by atoms with van der Waals surface area (Å²) in [5.74, 6) is -1.34. The number of amides is 2. The summed E-state index contributed by atoms with van der Waals surface area (Å²) in [5.41, 5.74) is -0.692. The van der Waals surface area contributed by atoms with Crippen molar-refractivity contribution in [2.75, 3.05) is 5.32 Å². The van der Waals surface area contributed by atoms with Crippen molar-refractivity contribution in [3.05, 3.63) is 28.8 Å². The first-order valence-electron chi connectivity index (χ1n) is 8.40. The number of benzene rings is 1. The first kappa shape index (κ1) is 19.2. The Morgan fingerprint density at radius 3 is 2.44 bits per heavy atom. The fraction of sp³-hybridized carbons (Fsp3) is 0.500. The first-order chi connectivity index (χ1) is 11.8. The van der Waals surface area contributed by atoms with Gasteiger partial charge >= 0.3 is 5.97 Å². The van der Waals surface area contributed by atoms with E-state index in [1.165, 1.54) is 19.1 Å². The molecule has 0 radical (unpaired) electrons. The van der Waals surface area contributed by atoms with E-state index in [-0.39, 0.29) is 16.5 Å². The molecule has 2 rings (SSSR count). The van der Waals surface area contributed by atoms with Crippen molar-refractivity contribution in [3.8, 4) is 0 Å². The summed E-state index contributed by atoms with van der Waals surface area (Å²) in [6.45, 7) is 3.45. The molecule has 0 heterocycles. The predicted molar refractivity (Wildman–Crippen MR) is 95.8 cm³/mol. The van der Waals surface area contributed by atoms with Crippen molar-refractivity contribution in [3.63, 3.8) is 0 Å². The molecule has 6 nitrogen and oxygen atoms in total. The molecule has 7 heteroatoms. The highest BCUT2D eigenvalue weighted by molar-refractivity contribution is 6.34. The lowest BCUT2D eigenvalue weighted by Gasteiger charge is -2.37. The summed E-state index contributed by atoms with van der Waals surface area (Å²) in [6, 6.07) is 4.54. The highest BCUT2D eigenvalue weighted by atomic mass is 35.5. The summed E-state index contributed by atoms with van der Waals surface area (Å²) in [5, 5.41) is 15.1. The normalized spacial score (nSPS) is 22.9. The smallest absolute Gasteiger partial charge is 0.329 e. The summed E-state index contributed by atoms with van der Waals surface area (Å²) in [4.78, 5) is 35.7. The van der Waals surface area contributed by atoms with Gasteiger partial charge in [-0.3, -0.25) is 9.59 Å². The zero-order chi connectivity index (χ0) is 18.6. The molecule has 0 aliphatic heterocycles. The molecule has 1 aliphatic rings. The number of carboxylic acids is 1. The lowest BCUT2D eigenvalue weighted by molar-refractivity contribution is -0.146. The van der Waals surface area contributed by atoms with E-state index in [2.05, 4.69) is 17.6 Å². The fourth-order valence-electron chi connectivity index (χ4n) is 3.24. The van der Waals surface area contributed by atoms with Crippen molar-refractivity contribution >= 4 is 35.1 Å². The number of carboxylic acid groups (broad SMARTS) is 1.